The molecule has 0 aliphatic heterocycles. The Hall–Kier alpha value is -0.660. The summed E-state index contributed by atoms with van der Waals surface area (Å²) in [4.78, 5) is 3.99. The Kier molecular flexibility index (Phi) is 5.27. The molecular weight excluding hydrogens is 301 g/mol. The molecule has 3 nitrogen and oxygen atoms in total. The molecule has 1 aromatic heterocycles. The number of nitrogens with zero attached hydrogens (tertiary/aromatic N) is 1. The first-order valence-electron chi connectivity index (χ1n) is 7.34. The number of hydrogen-bond acceptors (Lipinski definition) is 4. The Morgan fingerprint density at radius 3 is 2.29 bits per heavy atom. The van der Waals surface area contributed by atoms with Gasteiger partial charge in [0.1, 0.15) is 10.6 Å². The molecule has 0 saturated heterocycles. The lowest BCUT2D eigenvalue weighted by Crippen LogP contribution is -2.29. The van der Waals surface area contributed by atoms with Gasteiger partial charge >= 0.3 is 6.18 Å². The molecule has 0 unspecified atom stereocenters. The van der Waals surface area contributed by atoms with Gasteiger partial charge in [-0.3, -0.25) is 0 Å². The Bertz CT molecular complexity index is 465. The van der Waals surface area contributed by atoms with E-state index in [4.69, 9.17) is 10.5 Å². The highest BCUT2D eigenvalue weighted by Crippen LogP contribution is 2.44. The van der Waals surface area contributed by atoms with Crippen LogP contribution in [0.4, 0.5) is 13.2 Å². The molecule has 1 saturated carbocycles. The van der Waals surface area contributed by atoms with Crippen LogP contribution in [0.3, 0.4) is 0 Å². The van der Waals surface area contributed by atoms with Crippen LogP contribution in [0.2, 0.25) is 0 Å². The van der Waals surface area contributed by atoms with Gasteiger partial charge in [-0.05, 0) is 19.8 Å². The third-order valence-electron chi connectivity index (χ3n) is 3.87. The zero-order chi connectivity index (χ0) is 15.5. The SMILES string of the molecule is CCOC1(c2nc(C(F)(F)F)c(CN)s2)CCCCCC1. The maximum Gasteiger partial charge on any atom is 0.434 e. The topological polar surface area (TPSA) is 48.1 Å². The normalized spacial score (nSPS) is 19.5. The molecular formula is C14H21F3N2OS. The van der Waals surface area contributed by atoms with E-state index in [1.165, 1.54) is 0 Å². The number of aromatic nitrogens is 1. The summed E-state index contributed by atoms with van der Waals surface area (Å²) in [5.74, 6) is 0. The van der Waals surface area contributed by atoms with Crippen LogP contribution in [0.15, 0.2) is 0 Å². The molecule has 1 heterocycles. The van der Waals surface area contributed by atoms with Gasteiger partial charge in [-0.2, -0.15) is 13.2 Å². The van der Waals surface area contributed by atoms with E-state index >= 15 is 0 Å². The number of alkyl halides is 3. The van der Waals surface area contributed by atoms with Crippen molar-refractivity contribution in [1.82, 2.24) is 4.98 Å². The highest BCUT2D eigenvalue weighted by atomic mass is 32.1. The van der Waals surface area contributed by atoms with Crippen LogP contribution < -0.4 is 5.73 Å². The second-order valence-electron chi connectivity index (χ2n) is 5.33. The molecule has 0 spiro atoms. The van der Waals surface area contributed by atoms with Crippen LogP contribution in [0.25, 0.3) is 0 Å². The van der Waals surface area contributed by atoms with E-state index in [9.17, 15) is 13.2 Å². The molecule has 7 heteroatoms. The average Bonchev–Trinajstić information content (AvgIpc) is 2.74. The molecule has 0 radical (unpaired) electrons. The molecule has 1 fully saturated rings. The van der Waals surface area contributed by atoms with Gasteiger partial charge in [0.25, 0.3) is 0 Å². The largest absolute Gasteiger partial charge is 0.434 e. The number of nitrogens with two attached hydrogens (primary N) is 1. The van der Waals surface area contributed by atoms with Gasteiger partial charge in [-0.25, -0.2) is 4.98 Å². The molecule has 1 aliphatic carbocycles. The third kappa shape index (κ3) is 3.57. The van der Waals surface area contributed by atoms with Crippen LogP contribution in [0.1, 0.15) is 61.0 Å². The van der Waals surface area contributed by atoms with E-state index < -0.39 is 17.5 Å². The van der Waals surface area contributed by atoms with Crippen molar-refractivity contribution >= 4 is 11.3 Å². The van der Waals surface area contributed by atoms with Crippen molar-refractivity contribution in [3.8, 4) is 0 Å². The average molecular weight is 322 g/mol. The van der Waals surface area contributed by atoms with Crippen molar-refractivity contribution in [2.75, 3.05) is 6.61 Å². The first kappa shape index (κ1) is 16.7. The summed E-state index contributed by atoms with van der Waals surface area (Å²) in [5.41, 5.74) is 3.96. The minimum absolute atomic E-state index is 0.0980. The van der Waals surface area contributed by atoms with Gasteiger partial charge in [0, 0.05) is 13.2 Å². The third-order valence-corrected chi connectivity index (χ3v) is 5.14. The van der Waals surface area contributed by atoms with Gasteiger partial charge < -0.3 is 10.5 Å². The maximum absolute atomic E-state index is 13.1. The van der Waals surface area contributed by atoms with E-state index in [1.54, 1.807) is 0 Å². The van der Waals surface area contributed by atoms with Crippen LogP contribution >= 0.6 is 11.3 Å². The molecule has 1 aromatic rings. The minimum atomic E-state index is -4.46. The fraction of sp³-hybridized carbons (Fsp3) is 0.786. The van der Waals surface area contributed by atoms with Crippen LogP contribution in [0, 0.1) is 0 Å². The van der Waals surface area contributed by atoms with Crippen molar-refractivity contribution in [1.29, 1.82) is 0 Å². The first-order chi connectivity index (χ1) is 9.93. The van der Waals surface area contributed by atoms with Crippen molar-refractivity contribution in [2.24, 2.45) is 5.73 Å². The van der Waals surface area contributed by atoms with E-state index in [0.29, 0.717) is 11.6 Å². The lowest BCUT2D eigenvalue weighted by atomic mass is 9.95. The quantitative estimate of drug-likeness (QED) is 0.845. The van der Waals surface area contributed by atoms with Crippen molar-refractivity contribution in [3.63, 3.8) is 0 Å². The van der Waals surface area contributed by atoms with Gasteiger partial charge in [-0.15, -0.1) is 11.3 Å². The van der Waals surface area contributed by atoms with E-state index in [1.807, 2.05) is 6.92 Å². The summed E-state index contributed by atoms with van der Waals surface area (Å²) in [7, 11) is 0. The number of rotatable bonds is 4. The summed E-state index contributed by atoms with van der Waals surface area (Å²) in [6, 6.07) is 0. The zero-order valence-corrected chi connectivity index (χ0v) is 12.9. The van der Waals surface area contributed by atoms with Gasteiger partial charge in [-0.1, -0.05) is 25.7 Å². The fourth-order valence-corrected chi connectivity index (χ4v) is 4.06. The zero-order valence-electron chi connectivity index (χ0n) is 12.1. The first-order valence-corrected chi connectivity index (χ1v) is 8.16. The predicted octanol–water partition coefficient (Wildman–Crippen LogP) is 4.21. The van der Waals surface area contributed by atoms with E-state index in [0.717, 1.165) is 49.9 Å². The number of ether oxygens (including phenoxy) is 1. The van der Waals surface area contributed by atoms with Crippen LogP contribution in [-0.4, -0.2) is 11.6 Å². The molecule has 120 valence electrons. The van der Waals surface area contributed by atoms with E-state index in [2.05, 4.69) is 4.98 Å². The molecule has 2 N–H and O–H groups in total. The molecule has 0 bridgehead atoms. The summed E-state index contributed by atoms with van der Waals surface area (Å²) in [6.45, 7) is 2.20. The maximum atomic E-state index is 13.1. The Morgan fingerprint density at radius 2 is 1.86 bits per heavy atom. The lowest BCUT2D eigenvalue weighted by Gasteiger charge is -2.30. The lowest BCUT2D eigenvalue weighted by molar-refractivity contribution is -0.141. The standard InChI is InChI=1S/C14H21F3N2OS/c1-2-20-13(7-5-3-4-6-8-13)12-19-11(14(15,16)17)10(9-18)21-12/h2-9,18H2,1H3. The predicted molar refractivity (Wildman–Crippen MR) is 76.0 cm³/mol. The molecule has 2 rings (SSSR count). The highest BCUT2D eigenvalue weighted by molar-refractivity contribution is 7.11. The molecule has 1 aliphatic rings. The summed E-state index contributed by atoms with van der Waals surface area (Å²) in [6.07, 6.45) is 1.11. The highest BCUT2D eigenvalue weighted by Gasteiger charge is 2.42. The number of thiazole rings is 1. The monoisotopic (exact) mass is 322 g/mol. The Morgan fingerprint density at radius 1 is 1.24 bits per heavy atom. The van der Waals surface area contributed by atoms with Crippen molar-refractivity contribution in [3.05, 3.63) is 15.6 Å². The smallest absolute Gasteiger partial charge is 0.368 e. The Labute approximate surface area is 126 Å². The van der Waals surface area contributed by atoms with Gasteiger partial charge in [0.05, 0.1) is 4.88 Å². The fourth-order valence-electron chi connectivity index (χ4n) is 2.90. The van der Waals surface area contributed by atoms with Gasteiger partial charge in [0.15, 0.2) is 5.69 Å². The summed E-state index contributed by atoms with van der Waals surface area (Å²) < 4.78 is 45.1. The minimum Gasteiger partial charge on any atom is -0.368 e. The van der Waals surface area contributed by atoms with Crippen LogP contribution in [-0.2, 0) is 23.1 Å². The molecule has 0 atom stereocenters. The Balaban J connectivity index is 2.43. The van der Waals surface area contributed by atoms with E-state index in [-0.39, 0.29) is 11.4 Å². The number of halogens is 3. The second kappa shape index (κ2) is 6.62. The number of hydrogen-bond donors (Lipinski definition) is 1. The second-order valence-corrected chi connectivity index (χ2v) is 6.42. The van der Waals surface area contributed by atoms with Gasteiger partial charge in [0.2, 0.25) is 0 Å². The summed E-state index contributed by atoms with van der Waals surface area (Å²) in [5, 5.41) is 0.444. The summed E-state index contributed by atoms with van der Waals surface area (Å²) >= 11 is 1.06. The van der Waals surface area contributed by atoms with Crippen molar-refractivity contribution < 1.29 is 17.9 Å². The molecule has 0 aromatic carbocycles. The molecule has 0 amide bonds. The van der Waals surface area contributed by atoms with Crippen molar-refractivity contribution in [2.45, 2.75) is 63.8 Å². The van der Waals surface area contributed by atoms with Crippen LogP contribution in [0.5, 0.6) is 0 Å². The molecule has 21 heavy (non-hydrogen) atoms.